The van der Waals surface area contributed by atoms with Crippen molar-refractivity contribution in [3.63, 3.8) is 0 Å². The van der Waals surface area contributed by atoms with Gasteiger partial charge in [-0.1, -0.05) is 29.8 Å². The molecule has 1 N–H and O–H groups in total. The summed E-state index contributed by atoms with van der Waals surface area (Å²) in [6, 6.07) is 6.18. The summed E-state index contributed by atoms with van der Waals surface area (Å²) in [7, 11) is 0. The Morgan fingerprint density at radius 2 is 1.94 bits per heavy atom. The third-order valence-corrected chi connectivity index (χ3v) is 2.34. The van der Waals surface area contributed by atoms with Crippen molar-refractivity contribution in [2.45, 2.75) is 18.9 Å². The van der Waals surface area contributed by atoms with E-state index in [0.717, 1.165) is 0 Å². The number of rotatable bonds is 4. The average Bonchev–Trinajstić information content (AvgIpc) is 2.27. The maximum absolute atomic E-state index is 12.5. The fourth-order valence-corrected chi connectivity index (χ4v) is 1.24. The molecule has 1 aromatic rings. The van der Waals surface area contributed by atoms with Crippen LogP contribution in [0.25, 0.3) is 0 Å². The Bertz CT molecular complexity index is 411. The second-order valence-corrected chi connectivity index (χ2v) is 3.60. The molecule has 0 saturated carbocycles. The molecule has 1 amide bonds. The number of hydrogen-bond acceptors (Lipinski definition) is 1. The molecule has 0 aromatic heterocycles. The van der Waals surface area contributed by atoms with Gasteiger partial charge in [-0.2, -0.15) is 8.78 Å². The van der Waals surface area contributed by atoms with E-state index in [1.807, 2.05) is 0 Å². The van der Waals surface area contributed by atoms with Gasteiger partial charge in [-0.15, -0.1) is 0 Å². The van der Waals surface area contributed by atoms with E-state index < -0.39 is 18.3 Å². The molecule has 0 heterocycles. The fourth-order valence-electron chi connectivity index (χ4n) is 1.03. The predicted octanol–water partition coefficient (Wildman–Crippen LogP) is 2.86. The number of halogens is 5. The Morgan fingerprint density at radius 3 is 2.47 bits per heavy atom. The molecular weight excluding hydrogens is 262 g/mol. The molecule has 7 heteroatoms. The molecule has 0 spiro atoms. The van der Waals surface area contributed by atoms with Gasteiger partial charge in [-0.05, 0) is 11.6 Å². The van der Waals surface area contributed by atoms with Crippen LogP contribution in [0, 0.1) is 0 Å². The minimum Gasteiger partial charge on any atom is -0.347 e. The van der Waals surface area contributed by atoms with Gasteiger partial charge in [0.1, 0.15) is 0 Å². The summed E-state index contributed by atoms with van der Waals surface area (Å²) in [6.07, 6.45) is -4.03. The van der Waals surface area contributed by atoms with Crippen LogP contribution in [-0.2, 0) is 11.3 Å². The summed E-state index contributed by atoms with van der Waals surface area (Å²) in [6.45, 7) is -0.333. The van der Waals surface area contributed by atoms with E-state index in [0.29, 0.717) is 5.56 Å². The molecule has 94 valence electrons. The van der Waals surface area contributed by atoms with Crippen molar-refractivity contribution in [1.82, 2.24) is 5.32 Å². The average molecular weight is 270 g/mol. The molecule has 0 saturated heterocycles. The highest BCUT2D eigenvalue weighted by Crippen LogP contribution is 2.23. The van der Waals surface area contributed by atoms with Gasteiger partial charge >= 0.3 is 12.3 Å². The highest BCUT2D eigenvalue weighted by Gasteiger charge is 2.48. The van der Waals surface area contributed by atoms with E-state index in [1.54, 1.807) is 17.4 Å². The van der Waals surface area contributed by atoms with Crippen molar-refractivity contribution in [2.24, 2.45) is 0 Å². The Balaban J connectivity index is 2.64. The zero-order chi connectivity index (χ0) is 13.1. The molecule has 2 nitrogen and oxygen atoms in total. The van der Waals surface area contributed by atoms with E-state index in [1.165, 1.54) is 12.1 Å². The van der Waals surface area contributed by atoms with Crippen LogP contribution in [0.4, 0.5) is 17.6 Å². The largest absolute Gasteiger partial charge is 0.383 e. The number of nitrogens with one attached hydrogen (secondary N) is 1. The molecule has 0 atom stereocenters. The van der Waals surface area contributed by atoms with Crippen LogP contribution in [0.1, 0.15) is 5.56 Å². The first kappa shape index (κ1) is 13.8. The molecule has 0 aliphatic rings. The molecule has 0 unspecified atom stereocenters. The highest BCUT2D eigenvalue weighted by molar-refractivity contribution is 6.31. The first-order valence-electron chi connectivity index (χ1n) is 4.53. The number of carbonyl (C=O) groups is 1. The Labute approximate surface area is 99.6 Å². The summed E-state index contributed by atoms with van der Waals surface area (Å²) in [5.41, 5.74) is 0.368. The summed E-state index contributed by atoms with van der Waals surface area (Å²) in [5.74, 6) is -6.71. The summed E-state index contributed by atoms with van der Waals surface area (Å²) < 4.78 is 48.8. The van der Waals surface area contributed by atoms with Crippen molar-refractivity contribution in [3.05, 3.63) is 34.9 Å². The van der Waals surface area contributed by atoms with Crippen molar-refractivity contribution in [2.75, 3.05) is 0 Å². The topological polar surface area (TPSA) is 29.1 Å². The number of carbonyl (C=O) groups excluding carboxylic acids is 1. The van der Waals surface area contributed by atoms with Crippen LogP contribution < -0.4 is 5.32 Å². The SMILES string of the molecule is O=C(NCc1ccccc1Cl)C(F)(F)C(F)F. The Morgan fingerprint density at radius 1 is 1.35 bits per heavy atom. The molecule has 1 aromatic carbocycles. The lowest BCUT2D eigenvalue weighted by molar-refractivity contribution is -0.169. The van der Waals surface area contributed by atoms with Crippen molar-refractivity contribution in [1.29, 1.82) is 0 Å². The number of amides is 1. The standard InChI is InChI=1S/C10H8ClF4NO/c11-7-4-2-1-3-6(7)5-16-9(17)10(14,15)8(12)13/h1-4,8H,5H2,(H,16,17). The maximum Gasteiger partial charge on any atom is 0.383 e. The minimum atomic E-state index is -4.69. The molecular formula is C10H8ClF4NO. The smallest absolute Gasteiger partial charge is 0.347 e. The molecule has 0 bridgehead atoms. The quantitative estimate of drug-likeness (QED) is 0.837. The van der Waals surface area contributed by atoms with Gasteiger partial charge in [0.15, 0.2) is 0 Å². The lowest BCUT2D eigenvalue weighted by atomic mass is 10.2. The van der Waals surface area contributed by atoms with Crippen LogP contribution >= 0.6 is 11.6 Å². The predicted molar refractivity (Wildman–Crippen MR) is 54.2 cm³/mol. The summed E-state index contributed by atoms with van der Waals surface area (Å²) in [4.78, 5) is 10.8. The van der Waals surface area contributed by atoms with E-state index in [4.69, 9.17) is 11.6 Å². The lowest BCUT2D eigenvalue weighted by Gasteiger charge is -2.15. The van der Waals surface area contributed by atoms with Crippen LogP contribution in [0.5, 0.6) is 0 Å². The molecule has 0 aliphatic heterocycles. The van der Waals surface area contributed by atoms with Crippen LogP contribution in [-0.4, -0.2) is 18.3 Å². The second kappa shape index (κ2) is 5.35. The Hall–Kier alpha value is -1.30. The number of benzene rings is 1. The molecule has 0 aliphatic carbocycles. The monoisotopic (exact) mass is 269 g/mol. The van der Waals surface area contributed by atoms with Gasteiger partial charge < -0.3 is 5.32 Å². The lowest BCUT2D eigenvalue weighted by Crippen LogP contribution is -2.44. The van der Waals surface area contributed by atoms with Gasteiger partial charge in [-0.25, -0.2) is 8.78 Å². The number of hydrogen-bond donors (Lipinski definition) is 1. The molecule has 0 fully saturated rings. The zero-order valence-corrected chi connectivity index (χ0v) is 9.15. The van der Waals surface area contributed by atoms with Gasteiger partial charge in [0, 0.05) is 11.6 Å². The first-order chi connectivity index (χ1) is 7.85. The van der Waals surface area contributed by atoms with Gasteiger partial charge in [-0.3, -0.25) is 4.79 Å². The van der Waals surface area contributed by atoms with Gasteiger partial charge in [0.25, 0.3) is 5.91 Å². The molecule has 17 heavy (non-hydrogen) atoms. The van der Waals surface area contributed by atoms with Crippen molar-refractivity contribution < 1.29 is 22.4 Å². The second-order valence-electron chi connectivity index (χ2n) is 3.20. The van der Waals surface area contributed by atoms with Crippen LogP contribution in [0.15, 0.2) is 24.3 Å². The molecule has 0 radical (unpaired) electrons. The van der Waals surface area contributed by atoms with Crippen LogP contribution in [0.2, 0.25) is 5.02 Å². The Kier molecular flexibility index (Phi) is 4.34. The normalized spacial score (nSPS) is 11.6. The van der Waals surface area contributed by atoms with Crippen LogP contribution in [0.3, 0.4) is 0 Å². The molecule has 1 rings (SSSR count). The highest BCUT2D eigenvalue weighted by atomic mass is 35.5. The first-order valence-corrected chi connectivity index (χ1v) is 4.91. The maximum atomic E-state index is 12.5. The van der Waals surface area contributed by atoms with Gasteiger partial charge in [0.05, 0.1) is 0 Å². The van der Waals surface area contributed by atoms with E-state index in [2.05, 4.69) is 0 Å². The fraction of sp³-hybridized carbons (Fsp3) is 0.300. The third-order valence-electron chi connectivity index (χ3n) is 1.97. The van der Waals surface area contributed by atoms with Crippen molar-refractivity contribution >= 4 is 17.5 Å². The summed E-state index contributed by atoms with van der Waals surface area (Å²) >= 11 is 5.70. The minimum absolute atomic E-state index is 0.258. The van der Waals surface area contributed by atoms with E-state index in [-0.39, 0.29) is 11.6 Å². The zero-order valence-electron chi connectivity index (χ0n) is 8.39. The number of alkyl halides is 4. The van der Waals surface area contributed by atoms with E-state index >= 15 is 0 Å². The van der Waals surface area contributed by atoms with E-state index in [9.17, 15) is 22.4 Å². The third kappa shape index (κ3) is 3.33. The van der Waals surface area contributed by atoms with Gasteiger partial charge in [0.2, 0.25) is 0 Å². The van der Waals surface area contributed by atoms with Crippen molar-refractivity contribution in [3.8, 4) is 0 Å². The summed E-state index contributed by atoms with van der Waals surface area (Å²) in [5, 5.41) is 1.97.